The first-order valence-corrected chi connectivity index (χ1v) is 7.37. The molecule has 1 aromatic heterocycles. The number of esters is 1. The number of carbonyl (C=O) groups excluding carboxylic acids is 2. The van der Waals surface area contributed by atoms with Gasteiger partial charge in [-0.05, 0) is 24.8 Å². The van der Waals surface area contributed by atoms with E-state index in [9.17, 15) is 9.59 Å². The SMILES string of the molecule is COC(=O)CCCN(C)C(=O)c1ccc(CSC)o1. The quantitative estimate of drug-likeness (QED) is 0.719. The van der Waals surface area contributed by atoms with Crippen LogP contribution in [0.2, 0.25) is 0 Å². The molecule has 1 amide bonds. The molecule has 1 rings (SSSR count). The van der Waals surface area contributed by atoms with Gasteiger partial charge in [-0.2, -0.15) is 11.8 Å². The second kappa shape index (κ2) is 7.89. The van der Waals surface area contributed by atoms with E-state index in [-0.39, 0.29) is 11.9 Å². The molecule has 0 bridgehead atoms. The maximum absolute atomic E-state index is 12.0. The van der Waals surface area contributed by atoms with Crippen LogP contribution in [0.15, 0.2) is 16.5 Å². The smallest absolute Gasteiger partial charge is 0.305 e. The molecule has 0 radical (unpaired) electrons. The number of ether oxygens (including phenoxy) is 1. The van der Waals surface area contributed by atoms with E-state index in [2.05, 4.69) is 4.74 Å². The number of hydrogen-bond donors (Lipinski definition) is 0. The lowest BCUT2D eigenvalue weighted by Gasteiger charge is -2.15. The third-order valence-corrected chi connectivity index (χ3v) is 3.18. The fourth-order valence-corrected chi connectivity index (χ4v) is 2.00. The highest BCUT2D eigenvalue weighted by Crippen LogP contribution is 2.14. The molecule has 1 aromatic rings. The highest BCUT2D eigenvalue weighted by molar-refractivity contribution is 7.97. The monoisotopic (exact) mass is 285 g/mol. The summed E-state index contributed by atoms with van der Waals surface area (Å²) in [6.07, 6.45) is 2.86. The van der Waals surface area contributed by atoms with E-state index in [0.29, 0.717) is 25.1 Å². The van der Waals surface area contributed by atoms with E-state index in [4.69, 9.17) is 4.42 Å². The van der Waals surface area contributed by atoms with Gasteiger partial charge in [-0.25, -0.2) is 0 Å². The first-order chi connectivity index (χ1) is 9.08. The zero-order valence-electron chi connectivity index (χ0n) is 11.5. The minimum absolute atomic E-state index is 0.169. The number of methoxy groups -OCH3 is 1. The zero-order chi connectivity index (χ0) is 14.3. The van der Waals surface area contributed by atoms with Crippen molar-refractivity contribution in [3.8, 4) is 0 Å². The molecular weight excluding hydrogens is 266 g/mol. The summed E-state index contributed by atoms with van der Waals surface area (Å²) in [6, 6.07) is 3.50. The molecule has 5 nitrogen and oxygen atoms in total. The summed E-state index contributed by atoms with van der Waals surface area (Å²) in [5.41, 5.74) is 0. The molecule has 0 aliphatic carbocycles. The van der Waals surface area contributed by atoms with Crippen molar-refractivity contribution < 1.29 is 18.7 Å². The first-order valence-electron chi connectivity index (χ1n) is 5.98. The number of amides is 1. The molecule has 1 heterocycles. The Morgan fingerprint density at radius 1 is 1.42 bits per heavy atom. The van der Waals surface area contributed by atoms with E-state index >= 15 is 0 Å². The molecule has 0 unspecified atom stereocenters. The van der Waals surface area contributed by atoms with Crippen molar-refractivity contribution in [3.63, 3.8) is 0 Å². The van der Waals surface area contributed by atoms with Gasteiger partial charge in [-0.3, -0.25) is 9.59 Å². The summed E-state index contributed by atoms with van der Waals surface area (Å²) in [6.45, 7) is 0.493. The lowest BCUT2D eigenvalue weighted by atomic mass is 10.3. The molecule has 0 spiro atoms. The van der Waals surface area contributed by atoms with Crippen LogP contribution in [0.1, 0.15) is 29.2 Å². The zero-order valence-corrected chi connectivity index (χ0v) is 12.3. The molecule has 0 N–H and O–H groups in total. The van der Waals surface area contributed by atoms with Gasteiger partial charge in [0.25, 0.3) is 5.91 Å². The van der Waals surface area contributed by atoms with Crippen LogP contribution in [0, 0.1) is 0 Å². The maximum Gasteiger partial charge on any atom is 0.305 e. The molecule has 0 fully saturated rings. The van der Waals surface area contributed by atoms with Crippen molar-refractivity contribution in [2.45, 2.75) is 18.6 Å². The number of thioether (sulfide) groups is 1. The summed E-state index contributed by atoms with van der Waals surface area (Å²) in [5, 5.41) is 0. The van der Waals surface area contributed by atoms with Gasteiger partial charge in [0, 0.05) is 20.0 Å². The van der Waals surface area contributed by atoms with Gasteiger partial charge >= 0.3 is 5.97 Å². The number of carbonyl (C=O) groups is 2. The van der Waals surface area contributed by atoms with E-state index < -0.39 is 0 Å². The summed E-state index contributed by atoms with van der Waals surface area (Å²) in [4.78, 5) is 24.5. The minimum Gasteiger partial charge on any atom is -0.469 e. The predicted octanol–water partition coefficient (Wildman–Crippen LogP) is 2.17. The van der Waals surface area contributed by atoms with Crippen LogP contribution >= 0.6 is 11.8 Å². The maximum atomic E-state index is 12.0. The Morgan fingerprint density at radius 3 is 2.79 bits per heavy atom. The molecule has 19 heavy (non-hydrogen) atoms. The normalized spacial score (nSPS) is 10.3. The molecule has 0 saturated heterocycles. The van der Waals surface area contributed by atoms with Gasteiger partial charge < -0.3 is 14.1 Å². The number of nitrogens with zero attached hydrogens (tertiary/aromatic N) is 1. The van der Waals surface area contributed by atoms with Crippen LogP contribution in [0.25, 0.3) is 0 Å². The average molecular weight is 285 g/mol. The molecule has 0 saturated carbocycles. The van der Waals surface area contributed by atoms with Crippen molar-refractivity contribution in [2.75, 3.05) is 27.0 Å². The number of rotatable bonds is 7. The highest BCUT2D eigenvalue weighted by Gasteiger charge is 2.16. The van der Waals surface area contributed by atoms with Crippen LogP contribution in [-0.2, 0) is 15.3 Å². The third-order valence-electron chi connectivity index (χ3n) is 2.61. The van der Waals surface area contributed by atoms with Crippen molar-refractivity contribution in [3.05, 3.63) is 23.7 Å². The van der Waals surface area contributed by atoms with Crippen LogP contribution < -0.4 is 0 Å². The summed E-state index contributed by atoms with van der Waals surface area (Å²) < 4.78 is 10.00. The molecule has 0 aliphatic rings. The van der Waals surface area contributed by atoms with E-state index in [1.165, 1.54) is 7.11 Å². The van der Waals surface area contributed by atoms with Gasteiger partial charge in [-0.1, -0.05) is 0 Å². The molecule has 106 valence electrons. The summed E-state index contributed by atoms with van der Waals surface area (Å²) >= 11 is 1.64. The van der Waals surface area contributed by atoms with E-state index in [1.807, 2.05) is 12.3 Å². The van der Waals surface area contributed by atoms with Gasteiger partial charge in [0.1, 0.15) is 5.76 Å². The van der Waals surface area contributed by atoms with Crippen LogP contribution in [-0.4, -0.2) is 43.7 Å². The Hall–Kier alpha value is -1.43. The Labute approximate surface area is 117 Å². The first kappa shape index (κ1) is 15.6. The molecule has 6 heteroatoms. The van der Waals surface area contributed by atoms with Crippen molar-refractivity contribution >= 4 is 23.6 Å². The van der Waals surface area contributed by atoms with Gasteiger partial charge in [0.2, 0.25) is 0 Å². The number of furan rings is 1. The Balaban J connectivity index is 2.44. The standard InChI is InChI=1S/C13H19NO4S/c1-14(8-4-5-12(15)17-2)13(16)11-7-6-10(18-11)9-19-3/h6-7H,4-5,8-9H2,1-3H3. The van der Waals surface area contributed by atoms with Crippen molar-refractivity contribution in [1.82, 2.24) is 4.90 Å². The van der Waals surface area contributed by atoms with Crippen LogP contribution in [0.5, 0.6) is 0 Å². The summed E-state index contributed by atoms with van der Waals surface area (Å²) in [5.74, 6) is 1.45. The highest BCUT2D eigenvalue weighted by atomic mass is 32.2. The lowest BCUT2D eigenvalue weighted by molar-refractivity contribution is -0.140. The van der Waals surface area contributed by atoms with Crippen LogP contribution in [0.3, 0.4) is 0 Å². The van der Waals surface area contributed by atoms with Gasteiger partial charge in [-0.15, -0.1) is 0 Å². The molecular formula is C13H19NO4S. The van der Waals surface area contributed by atoms with Crippen molar-refractivity contribution in [1.29, 1.82) is 0 Å². The molecule has 0 aromatic carbocycles. The van der Waals surface area contributed by atoms with Gasteiger partial charge in [0.15, 0.2) is 5.76 Å². The number of hydrogen-bond acceptors (Lipinski definition) is 5. The second-order valence-corrected chi connectivity index (χ2v) is 4.97. The van der Waals surface area contributed by atoms with Gasteiger partial charge in [0.05, 0.1) is 12.9 Å². The third kappa shape index (κ3) is 4.98. The Kier molecular flexibility index (Phi) is 6.49. The fraction of sp³-hybridized carbons (Fsp3) is 0.538. The van der Waals surface area contributed by atoms with Crippen molar-refractivity contribution in [2.24, 2.45) is 0 Å². The topological polar surface area (TPSA) is 59.8 Å². The summed E-state index contributed by atoms with van der Waals surface area (Å²) in [7, 11) is 3.05. The largest absolute Gasteiger partial charge is 0.469 e. The predicted molar refractivity (Wildman–Crippen MR) is 74.1 cm³/mol. The Bertz CT molecular complexity index is 430. The fourth-order valence-electron chi connectivity index (χ4n) is 1.56. The van der Waals surface area contributed by atoms with E-state index in [1.54, 1.807) is 29.8 Å². The average Bonchev–Trinajstić information content (AvgIpc) is 2.86. The van der Waals surface area contributed by atoms with E-state index in [0.717, 1.165) is 11.5 Å². The second-order valence-electron chi connectivity index (χ2n) is 4.11. The molecule has 0 aliphatic heterocycles. The van der Waals surface area contributed by atoms with Crippen LogP contribution in [0.4, 0.5) is 0 Å². The lowest BCUT2D eigenvalue weighted by Crippen LogP contribution is -2.27. The molecule has 0 atom stereocenters. The minimum atomic E-state index is -0.263. The Morgan fingerprint density at radius 2 is 2.16 bits per heavy atom.